The monoisotopic (exact) mass is 330 g/mol. The molecule has 0 aromatic carbocycles. The lowest BCUT2D eigenvalue weighted by Gasteiger charge is -2.17. The van der Waals surface area contributed by atoms with Crippen LogP contribution >= 0.6 is 11.3 Å². The molecule has 1 unspecified atom stereocenters. The average molecular weight is 330 g/mol. The maximum Gasteiger partial charge on any atom is 0.252 e. The van der Waals surface area contributed by atoms with Crippen molar-refractivity contribution in [1.29, 1.82) is 0 Å². The minimum absolute atomic E-state index is 0.0568. The topological polar surface area (TPSA) is 78.1 Å². The van der Waals surface area contributed by atoms with E-state index in [4.69, 9.17) is 0 Å². The SMILES string of the molecule is Cc1cc(=O)[nH]c(N2CCC(NC(=O)C=Cc3cccs3)C2)n1. The van der Waals surface area contributed by atoms with Crippen LogP contribution in [0.3, 0.4) is 0 Å². The molecule has 1 atom stereocenters. The molecule has 120 valence electrons. The van der Waals surface area contributed by atoms with Crippen LogP contribution in [-0.4, -0.2) is 35.0 Å². The van der Waals surface area contributed by atoms with Crippen LogP contribution in [0.25, 0.3) is 6.08 Å². The van der Waals surface area contributed by atoms with Crippen LogP contribution < -0.4 is 15.8 Å². The first-order valence-corrected chi connectivity index (χ1v) is 8.33. The summed E-state index contributed by atoms with van der Waals surface area (Å²) >= 11 is 1.59. The highest BCUT2D eigenvalue weighted by Gasteiger charge is 2.25. The normalized spacial score (nSPS) is 17.8. The highest BCUT2D eigenvalue weighted by Crippen LogP contribution is 2.15. The van der Waals surface area contributed by atoms with E-state index in [0.717, 1.165) is 17.8 Å². The fraction of sp³-hybridized carbons (Fsp3) is 0.312. The first-order chi connectivity index (χ1) is 11.1. The molecule has 6 nitrogen and oxygen atoms in total. The Balaban J connectivity index is 1.57. The number of nitrogens with one attached hydrogen (secondary N) is 2. The molecule has 0 radical (unpaired) electrons. The Hall–Kier alpha value is -2.41. The van der Waals surface area contributed by atoms with Crippen LogP contribution in [0.15, 0.2) is 34.4 Å². The summed E-state index contributed by atoms with van der Waals surface area (Å²) in [7, 11) is 0. The van der Waals surface area contributed by atoms with Crippen molar-refractivity contribution in [2.75, 3.05) is 18.0 Å². The lowest BCUT2D eigenvalue weighted by molar-refractivity contribution is -0.117. The standard InChI is InChI=1S/C16H18N4O2S/c1-11-9-15(22)19-16(17-11)20-7-6-12(10-20)18-14(21)5-4-13-3-2-8-23-13/h2-5,8-9,12H,6-7,10H2,1H3,(H,18,21)(H,17,19,22). The predicted octanol–water partition coefficient (Wildman–Crippen LogP) is 1.55. The average Bonchev–Trinajstić information content (AvgIpc) is 3.15. The van der Waals surface area contributed by atoms with Crippen molar-refractivity contribution in [2.45, 2.75) is 19.4 Å². The van der Waals surface area contributed by atoms with E-state index >= 15 is 0 Å². The van der Waals surface area contributed by atoms with E-state index in [2.05, 4.69) is 15.3 Å². The number of amides is 1. The summed E-state index contributed by atoms with van der Waals surface area (Å²) in [6.45, 7) is 3.19. The molecule has 2 aromatic rings. The van der Waals surface area contributed by atoms with Gasteiger partial charge in [-0.15, -0.1) is 11.3 Å². The number of carbonyl (C=O) groups is 1. The Morgan fingerprint density at radius 3 is 3.17 bits per heavy atom. The summed E-state index contributed by atoms with van der Waals surface area (Å²) in [5, 5.41) is 4.96. The molecular weight excluding hydrogens is 312 g/mol. The van der Waals surface area contributed by atoms with Gasteiger partial charge < -0.3 is 10.2 Å². The third kappa shape index (κ3) is 4.07. The van der Waals surface area contributed by atoms with Gasteiger partial charge in [0.2, 0.25) is 11.9 Å². The van der Waals surface area contributed by atoms with Gasteiger partial charge in [0, 0.05) is 41.8 Å². The van der Waals surface area contributed by atoms with Crippen molar-refractivity contribution in [3.8, 4) is 0 Å². The van der Waals surface area contributed by atoms with Gasteiger partial charge in [-0.25, -0.2) is 4.98 Å². The van der Waals surface area contributed by atoms with E-state index in [0.29, 0.717) is 18.2 Å². The second-order valence-corrected chi connectivity index (χ2v) is 6.48. The van der Waals surface area contributed by atoms with Gasteiger partial charge in [0.15, 0.2) is 0 Å². The van der Waals surface area contributed by atoms with Crippen LogP contribution in [0.5, 0.6) is 0 Å². The van der Waals surface area contributed by atoms with Crippen molar-refractivity contribution >= 4 is 29.3 Å². The molecule has 7 heteroatoms. The van der Waals surface area contributed by atoms with Gasteiger partial charge in [-0.2, -0.15) is 0 Å². The molecule has 1 amide bonds. The molecule has 1 aliphatic heterocycles. The number of H-pyrrole nitrogens is 1. The minimum atomic E-state index is -0.154. The maximum absolute atomic E-state index is 12.0. The highest BCUT2D eigenvalue weighted by molar-refractivity contribution is 7.10. The lowest BCUT2D eigenvalue weighted by Crippen LogP contribution is -2.36. The van der Waals surface area contributed by atoms with Crippen molar-refractivity contribution < 1.29 is 4.79 Å². The Morgan fingerprint density at radius 2 is 2.43 bits per heavy atom. The van der Waals surface area contributed by atoms with Crippen LogP contribution in [0.2, 0.25) is 0 Å². The first-order valence-electron chi connectivity index (χ1n) is 7.45. The van der Waals surface area contributed by atoms with Gasteiger partial charge in [-0.3, -0.25) is 14.6 Å². The van der Waals surface area contributed by atoms with Crippen LogP contribution in [0.1, 0.15) is 17.0 Å². The number of hydrogen-bond donors (Lipinski definition) is 2. The maximum atomic E-state index is 12.0. The number of thiophene rings is 1. The minimum Gasteiger partial charge on any atom is -0.348 e. The number of anilines is 1. The summed E-state index contributed by atoms with van der Waals surface area (Å²) in [4.78, 5) is 33.6. The number of aryl methyl sites for hydroxylation is 1. The smallest absolute Gasteiger partial charge is 0.252 e. The van der Waals surface area contributed by atoms with Gasteiger partial charge in [-0.1, -0.05) is 6.07 Å². The van der Waals surface area contributed by atoms with Gasteiger partial charge in [0.05, 0.1) is 0 Å². The van der Waals surface area contributed by atoms with E-state index in [9.17, 15) is 9.59 Å². The van der Waals surface area contributed by atoms with Crippen molar-refractivity contribution in [1.82, 2.24) is 15.3 Å². The largest absolute Gasteiger partial charge is 0.348 e. The molecule has 3 rings (SSSR count). The van der Waals surface area contributed by atoms with E-state index in [1.165, 1.54) is 6.07 Å². The Labute approximate surface area is 137 Å². The molecule has 0 spiro atoms. The van der Waals surface area contributed by atoms with Gasteiger partial charge in [0.25, 0.3) is 5.56 Å². The predicted molar refractivity (Wildman–Crippen MR) is 91.7 cm³/mol. The molecule has 1 aliphatic rings. The van der Waals surface area contributed by atoms with E-state index in [1.807, 2.05) is 28.5 Å². The van der Waals surface area contributed by atoms with Gasteiger partial charge >= 0.3 is 0 Å². The zero-order valence-electron chi connectivity index (χ0n) is 12.8. The number of nitrogens with zero attached hydrogens (tertiary/aromatic N) is 2. The fourth-order valence-corrected chi connectivity index (χ4v) is 3.19. The summed E-state index contributed by atoms with van der Waals surface area (Å²) in [6.07, 6.45) is 4.20. The first kappa shape index (κ1) is 15.5. The summed E-state index contributed by atoms with van der Waals surface area (Å²) in [5.41, 5.74) is 0.536. The van der Waals surface area contributed by atoms with E-state index < -0.39 is 0 Å². The third-order valence-corrected chi connectivity index (χ3v) is 4.47. The van der Waals surface area contributed by atoms with Crippen LogP contribution in [0, 0.1) is 6.92 Å². The molecule has 0 aliphatic carbocycles. The molecule has 0 saturated carbocycles. The van der Waals surface area contributed by atoms with Crippen molar-refractivity contribution in [3.05, 3.63) is 50.6 Å². The van der Waals surface area contributed by atoms with E-state index in [1.54, 1.807) is 24.3 Å². The quantitative estimate of drug-likeness (QED) is 0.834. The summed E-state index contributed by atoms with van der Waals surface area (Å²) < 4.78 is 0. The van der Waals surface area contributed by atoms with Gasteiger partial charge in [-0.05, 0) is 30.9 Å². The Morgan fingerprint density at radius 1 is 1.57 bits per heavy atom. The Kier molecular flexibility index (Phi) is 4.57. The number of carbonyl (C=O) groups excluding carboxylic acids is 1. The number of aromatic nitrogens is 2. The molecule has 2 N–H and O–H groups in total. The third-order valence-electron chi connectivity index (χ3n) is 3.63. The molecule has 1 fully saturated rings. The lowest BCUT2D eigenvalue weighted by atomic mass is 10.2. The Bertz CT molecular complexity index is 767. The molecule has 3 heterocycles. The highest BCUT2D eigenvalue weighted by atomic mass is 32.1. The molecular formula is C16H18N4O2S. The molecule has 2 aromatic heterocycles. The number of aromatic amines is 1. The molecule has 23 heavy (non-hydrogen) atoms. The molecule has 0 bridgehead atoms. The zero-order chi connectivity index (χ0) is 16.2. The second-order valence-electron chi connectivity index (χ2n) is 5.50. The van der Waals surface area contributed by atoms with Gasteiger partial charge in [0.1, 0.15) is 0 Å². The number of rotatable bonds is 4. The van der Waals surface area contributed by atoms with Crippen molar-refractivity contribution in [2.24, 2.45) is 0 Å². The van der Waals surface area contributed by atoms with Crippen LogP contribution in [-0.2, 0) is 4.79 Å². The van der Waals surface area contributed by atoms with Crippen LogP contribution in [0.4, 0.5) is 5.95 Å². The molecule has 1 saturated heterocycles. The van der Waals surface area contributed by atoms with Crippen molar-refractivity contribution in [3.63, 3.8) is 0 Å². The number of hydrogen-bond acceptors (Lipinski definition) is 5. The fourth-order valence-electron chi connectivity index (χ4n) is 2.58. The zero-order valence-corrected chi connectivity index (χ0v) is 13.6. The second kappa shape index (κ2) is 6.78. The summed E-state index contributed by atoms with van der Waals surface area (Å²) in [5.74, 6) is 0.469. The van der Waals surface area contributed by atoms with E-state index in [-0.39, 0.29) is 17.5 Å². The summed E-state index contributed by atoms with van der Waals surface area (Å²) in [6, 6.07) is 5.44.